The molecule has 192 valence electrons. The Hall–Kier alpha value is -3.85. The van der Waals surface area contributed by atoms with Gasteiger partial charge in [0.25, 0.3) is 0 Å². The summed E-state index contributed by atoms with van der Waals surface area (Å²) in [7, 11) is 0. The third-order valence-electron chi connectivity index (χ3n) is 5.51. The average molecular weight is 533 g/mol. The van der Waals surface area contributed by atoms with Crippen molar-refractivity contribution in [1.82, 2.24) is 9.55 Å². The summed E-state index contributed by atoms with van der Waals surface area (Å²) in [5.41, 5.74) is 0.817. The van der Waals surface area contributed by atoms with E-state index in [0.29, 0.717) is 22.8 Å². The topological polar surface area (TPSA) is 53.4 Å². The highest BCUT2D eigenvalue weighted by Gasteiger charge is 2.32. The van der Waals surface area contributed by atoms with Gasteiger partial charge in [-0.05, 0) is 68.4 Å². The standard InChI is InChI=1S/C27H21ClF4N2O3/c1-3-36-26(35)22-5-4-6-25(33-22)34-16(2)7-11-23(34)20-13-18(27(30,31)32)9-12-24(20)37-15-17-8-10-19(29)14-21(17)28/h4-14H,3,15H2,1-2H3. The number of hydrogen-bond donors (Lipinski definition) is 0. The zero-order valence-electron chi connectivity index (χ0n) is 19.8. The monoisotopic (exact) mass is 532 g/mol. The van der Waals surface area contributed by atoms with E-state index in [-0.39, 0.29) is 35.2 Å². The fourth-order valence-corrected chi connectivity index (χ4v) is 3.97. The molecule has 0 saturated heterocycles. The summed E-state index contributed by atoms with van der Waals surface area (Å²) in [5.74, 6) is -0.674. The molecule has 10 heteroatoms. The highest BCUT2D eigenvalue weighted by atomic mass is 35.5. The number of benzene rings is 2. The summed E-state index contributed by atoms with van der Waals surface area (Å²) in [6.07, 6.45) is -4.60. The van der Waals surface area contributed by atoms with Crippen LogP contribution in [0, 0.1) is 12.7 Å². The molecule has 0 amide bonds. The van der Waals surface area contributed by atoms with Gasteiger partial charge < -0.3 is 9.47 Å². The zero-order valence-corrected chi connectivity index (χ0v) is 20.5. The third-order valence-corrected chi connectivity index (χ3v) is 5.86. The van der Waals surface area contributed by atoms with Crippen LogP contribution in [0.1, 0.15) is 34.2 Å². The molecule has 0 atom stereocenters. The number of aromatic nitrogens is 2. The van der Waals surface area contributed by atoms with Crippen molar-refractivity contribution >= 4 is 17.6 Å². The van der Waals surface area contributed by atoms with Crippen molar-refractivity contribution < 1.29 is 31.8 Å². The first-order chi connectivity index (χ1) is 17.6. The number of alkyl halides is 3. The van der Waals surface area contributed by atoms with Crippen molar-refractivity contribution in [3.8, 4) is 22.8 Å². The second-order valence-corrected chi connectivity index (χ2v) is 8.44. The van der Waals surface area contributed by atoms with Crippen LogP contribution in [0.2, 0.25) is 5.02 Å². The number of halogens is 5. The molecule has 0 spiro atoms. The van der Waals surface area contributed by atoms with Crippen molar-refractivity contribution in [1.29, 1.82) is 0 Å². The molecule has 5 nitrogen and oxygen atoms in total. The van der Waals surface area contributed by atoms with Crippen LogP contribution in [0.15, 0.2) is 66.7 Å². The van der Waals surface area contributed by atoms with E-state index < -0.39 is 23.5 Å². The van der Waals surface area contributed by atoms with Gasteiger partial charge in [-0.2, -0.15) is 13.2 Å². The summed E-state index contributed by atoms with van der Waals surface area (Å²) < 4.78 is 66.8. The van der Waals surface area contributed by atoms with E-state index >= 15 is 0 Å². The van der Waals surface area contributed by atoms with Crippen molar-refractivity contribution in [2.45, 2.75) is 26.6 Å². The molecule has 37 heavy (non-hydrogen) atoms. The normalized spacial score (nSPS) is 11.4. The van der Waals surface area contributed by atoms with Gasteiger partial charge in [-0.1, -0.05) is 23.7 Å². The summed E-state index contributed by atoms with van der Waals surface area (Å²) in [5, 5.41) is 0.132. The minimum absolute atomic E-state index is 0.0601. The Bertz CT molecular complexity index is 1450. The highest BCUT2D eigenvalue weighted by Crippen LogP contribution is 2.39. The number of ether oxygens (including phenoxy) is 2. The molecule has 0 unspecified atom stereocenters. The van der Waals surface area contributed by atoms with Gasteiger partial charge in [0.2, 0.25) is 0 Å². The van der Waals surface area contributed by atoms with E-state index in [1.165, 1.54) is 24.3 Å². The van der Waals surface area contributed by atoms with Gasteiger partial charge in [0.05, 0.1) is 22.9 Å². The number of esters is 1. The van der Waals surface area contributed by atoms with E-state index in [9.17, 15) is 22.4 Å². The lowest BCUT2D eigenvalue weighted by Gasteiger charge is -2.18. The van der Waals surface area contributed by atoms with Crippen LogP contribution in [0.5, 0.6) is 5.75 Å². The molecule has 0 aliphatic carbocycles. The minimum atomic E-state index is -4.60. The van der Waals surface area contributed by atoms with Crippen molar-refractivity contribution in [3.63, 3.8) is 0 Å². The molecule has 4 aromatic rings. The molecule has 2 aromatic carbocycles. The number of rotatable bonds is 7. The first-order valence-electron chi connectivity index (χ1n) is 11.2. The Labute approximate surface area is 215 Å². The lowest BCUT2D eigenvalue weighted by atomic mass is 10.1. The molecular weight excluding hydrogens is 512 g/mol. The number of carbonyl (C=O) groups excluding carboxylic acids is 1. The van der Waals surface area contributed by atoms with Crippen molar-refractivity contribution in [2.75, 3.05) is 6.61 Å². The molecule has 0 saturated carbocycles. The molecule has 0 fully saturated rings. The maximum atomic E-state index is 13.6. The number of pyridine rings is 1. The lowest BCUT2D eigenvalue weighted by molar-refractivity contribution is -0.137. The summed E-state index contributed by atoms with van der Waals surface area (Å²) >= 11 is 6.09. The molecule has 0 aliphatic heterocycles. The minimum Gasteiger partial charge on any atom is -0.488 e. The fourth-order valence-electron chi connectivity index (χ4n) is 3.75. The van der Waals surface area contributed by atoms with Crippen LogP contribution in [0.4, 0.5) is 17.6 Å². The Morgan fingerprint density at radius 3 is 2.54 bits per heavy atom. The maximum Gasteiger partial charge on any atom is 0.416 e. The van der Waals surface area contributed by atoms with E-state index in [2.05, 4.69) is 4.98 Å². The average Bonchev–Trinajstić information content (AvgIpc) is 3.24. The van der Waals surface area contributed by atoms with Gasteiger partial charge in [-0.3, -0.25) is 4.57 Å². The van der Waals surface area contributed by atoms with E-state index in [1.807, 2.05) is 0 Å². The Morgan fingerprint density at radius 2 is 1.84 bits per heavy atom. The molecule has 2 heterocycles. The van der Waals surface area contributed by atoms with E-state index in [0.717, 1.165) is 18.2 Å². The Balaban J connectivity index is 1.81. The summed E-state index contributed by atoms with van der Waals surface area (Å²) in [4.78, 5) is 16.6. The number of hydrogen-bond acceptors (Lipinski definition) is 4. The third kappa shape index (κ3) is 5.77. The van der Waals surface area contributed by atoms with Gasteiger partial charge in [-0.25, -0.2) is 14.2 Å². The van der Waals surface area contributed by atoms with Crippen LogP contribution in [-0.4, -0.2) is 22.1 Å². The number of carbonyl (C=O) groups is 1. The van der Waals surface area contributed by atoms with Crippen LogP contribution in [0.25, 0.3) is 17.1 Å². The predicted octanol–water partition coefficient (Wildman–Crippen LogP) is 7.41. The first-order valence-corrected chi connectivity index (χ1v) is 11.6. The maximum absolute atomic E-state index is 13.6. The SMILES string of the molecule is CCOC(=O)c1cccc(-n2c(C)ccc2-c2cc(C(F)(F)F)ccc2OCc2ccc(F)cc2Cl)n1. The van der Waals surface area contributed by atoms with Crippen LogP contribution >= 0.6 is 11.6 Å². The molecule has 0 bridgehead atoms. The second kappa shape index (κ2) is 10.6. The largest absolute Gasteiger partial charge is 0.488 e. The van der Waals surface area contributed by atoms with Gasteiger partial charge in [0, 0.05) is 16.8 Å². The van der Waals surface area contributed by atoms with Crippen molar-refractivity contribution in [2.24, 2.45) is 0 Å². The molecule has 2 aromatic heterocycles. The van der Waals surface area contributed by atoms with Crippen LogP contribution in [-0.2, 0) is 17.5 Å². The summed E-state index contributed by atoms with van der Waals surface area (Å²) in [6, 6.07) is 15.0. The molecule has 0 radical (unpaired) electrons. The Morgan fingerprint density at radius 1 is 1.05 bits per heavy atom. The molecule has 4 rings (SSSR count). The first kappa shape index (κ1) is 26.2. The number of aryl methyl sites for hydroxylation is 1. The highest BCUT2D eigenvalue weighted by molar-refractivity contribution is 6.31. The van der Waals surface area contributed by atoms with E-state index in [1.54, 1.807) is 42.7 Å². The fraction of sp³-hybridized carbons (Fsp3) is 0.185. The van der Waals surface area contributed by atoms with Crippen LogP contribution < -0.4 is 4.74 Å². The van der Waals surface area contributed by atoms with E-state index in [4.69, 9.17) is 21.1 Å². The molecular formula is C27H21ClF4N2O3. The van der Waals surface area contributed by atoms with Gasteiger partial charge in [0.1, 0.15) is 24.0 Å². The quantitative estimate of drug-likeness (QED) is 0.184. The lowest BCUT2D eigenvalue weighted by Crippen LogP contribution is -2.11. The number of nitrogens with zero attached hydrogens (tertiary/aromatic N) is 2. The predicted molar refractivity (Wildman–Crippen MR) is 130 cm³/mol. The van der Waals surface area contributed by atoms with Crippen molar-refractivity contribution in [3.05, 3.63) is 100 Å². The second-order valence-electron chi connectivity index (χ2n) is 8.03. The van der Waals surface area contributed by atoms with Gasteiger partial charge >= 0.3 is 12.1 Å². The van der Waals surface area contributed by atoms with Crippen LogP contribution in [0.3, 0.4) is 0 Å². The Kier molecular flexibility index (Phi) is 7.54. The smallest absolute Gasteiger partial charge is 0.416 e. The zero-order chi connectivity index (χ0) is 26.7. The van der Waals surface area contributed by atoms with Gasteiger partial charge in [-0.15, -0.1) is 0 Å². The molecule has 0 N–H and O–H groups in total. The molecule has 0 aliphatic rings. The van der Waals surface area contributed by atoms with Gasteiger partial charge in [0.15, 0.2) is 5.69 Å². The summed E-state index contributed by atoms with van der Waals surface area (Å²) in [6.45, 7) is 3.49.